The molecule has 17 heavy (non-hydrogen) atoms. The number of esters is 1. The first-order valence-electron chi connectivity index (χ1n) is 7.06. The van der Waals surface area contributed by atoms with Crippen LogP contribution >= 0.6 is 0 Å². The fourth-order valence-electron chi connectivity index (χ4n) is 1.89. The van der Waals surface area contributed by atoms with Crippen LogP contribution in [0.3, 0.4) is 0 Å². The van der Waals surface area contributed by atoms with E-state index >= 15 is 0 Å². The third-order valence-electron chi connectivity index (χ3n) is 3.86. The molecule has 0 amide bonds. The second kappa shape index (κ2) is 7.73. The van der Waals surface area contributed by atoms with E-state index in [0.29, 0.717) is 18.3 Å². The van der Waals surface area contributed by atoms with Gasteiger partial charge in [0.05, 0.1) is 0 Å². The average molecular weight is 242 g/mol. The van der Waals surface area contributed by atoms with Gasteiger partial charge in [0, 0.05) is 6.42 Å². The maximum atomic E-state index is 11.8. The highest BCUT2D eigenvalue weighted by molar-refractivity contribution is 5.69. The molecule has 0 unspecified atom stereocenters. The molecule has 0 saturated heterocycles. The SMILES string of the molecule is CCCCCCC(=O)OC(C)(C(C)C)C(C)C. The lowest BCUT2D eigenvalue weighted by Gasteiger charge is -2.37. The normalized spacial score (nSPS) is 12.2. The van der Waals surface area contributed by atoms with Crippen molar-refractivity contribution in [3.63, 3.8) is 0 Å². The van der Waals surface area contributed by atoms with Crippen LogP contribution in [0.2, 0.25) is 0 Å². The lowest BCUT2D eigenvalue weighted by atomic mass is 9.82. The predicted molar refractivity (Wildman–Crippen MR) is 72.9 cm³/mol. The average Bonchev–Trinajstić information content (AvgIpc) is 2.23. The molecule has 0 N–H and O–H groups in total. The molecule has 0 aromatic carbocycles. The van der Waals surface area contributed by atoms with Crippen LogP contribution in [-0.4, -0.2) is 11.6 Å². The Morgan fingerprint density at radius 3 is 2.00 bits per heavy atom. The van der Waals surface area contributed by atoms with Gasteiger partial charge in [-0.3, -0.25) is 4.79 Å². The molecule has 0 bridgehead atoms. The zero-order valence-corrected chi connectivity index (χ0v) is 12.5. The van der Waals surface area contributed by atoms with Crippen molar-refractivity contribution in [3.05, 3.63) is 0 Å². The second-order valence-corrected chi connectivity index (χ2v) is 5.78. The first-order chi connectivity index (χ1) is 7.84. The Balaban J connectivity index is 4.15. The van der Waals surface area contributed by atoms with Crippen LogP contribution in [0.4, 0.5) is 0 Å². The topological polar surface area (TPSA) is 26.3 Å². The summed E-state index contributed by atoms with van der Waals surface area (Å²) >= 11 is 0. The van der Waals surface area contributed by atoms with Gasteiger partial charge in [-0.15, -0.1) is 0 Å². The Labute approximate surface area is 107 Å². The number of hydrogen-bond acceptors (Lipinski definition) is 2. The third-order valence-corrected chi connectivity index (χ3v) is 3.86. The lowest BCUT2D eigenvalue weighted by Crippen LogP contribution is -2.42. The van der Waals surface area contributed by atoms with Crippen LogP contribution in [-0.2, 0) is 9.53 Å². The van der Waals surface area contributed by atoms with E-state index in [4.69, 9.17) is 4.74 Å². The van der Waals surface area contributed by atoms with Crippen molar-refractivity contribution in [3.8, 4) is 0 Å². The summed E-state index contributed by atoms with van der Waals surface area (Å²) in [5.74, 6) is 0.662. The molecule has 0 fully saturated rings. The standard InChI is InChI=1S/C15H30O2/c1-7-8-9-10-11-14(16)17-15(6,12(2)3)13(4)5/h12-13H,7-11H2,1-6H3. The van der Waals surface area contributed by atoms with Gasteiger partial charge in [0.15, 0.2) is 0 Å². The number of hydrogen-bond donors (Lipinski definition) is 0. The van der Waals surface area contributed by atoms with Gasteiger partial charge in [-0.05, 0) is 25.2 Å². The summed E-state index contributed by atoms with van der Waals surface area (Å²) in [5.41, 5.74) is -0.332. The predicted octanol–water partition coefficient (Wildman–Crippen LogP) is 4.57. The summed E-state index contributed by atoms with van der Waals surface area (Å²) in [4.78, 5) is 11.8. The highest BCUT2D eigenvalue weighted by Gasteiger charge is 2.35. The van der Waals surface area contributed by atoms with Crippen molar-refractivity contribution in [2.45, 2.75) is 79.2 Å². The van der Waals surface area contributed by atoms with Crippen molar-refractivity contribution in [1.82, 2.24) is 0 Å². The van der Waals surface area contributed by atoms with Gasteiger partial charge in [-0.25, -0.2) is 0 Å². The van der Waals surface area contributed by atoms with E-state index < -0.39 is 0 Å². The van der Waals surface area contributed by atoms with Gasteiger partial charge in [0.25, 0.3) is 0 Å². The van der Waals surface area contributed by atoms with Crippen molar-refractivity contribution < 1.29 is 9.53 Å². The molecule has 0 aliphatic carbocycles. The smallest absolute Gasteiger partial charge is 0.306 e. The van der Waals surface area contributed by atoms with Crippen LogP contribution in [0.5, 0.6) is 0 Å². The Hall–Kier alpha value is -0.530. The van der Waals surface area contributed by atoms with Crippen LogP contribution in [0.15, 0.2) is 0 Å². The fraction of sp³-hybridized carbons (Fsp3) is 0.933. The highest BCUT2D eigenvalue weighted by Crippen LogP contribution is 2.30. The van der Waals surface area contributed by atoms with Crippen LogP contribution in [0, 0.1) is 11.8 Å². The van der Waals surface area contributed by atoms with Crippen molar-refractivity contribution >= 4 is 5.97 Å². The Morgan fingerprint density at radius 2 is 1.59 bits per heavy atom. The number of carbonyl (C=O) groups excluding carboxylic acids is 1. The first kappa shape index (κ1) is 16.5. The molecule has 2 nitrogen and oxygen atoms in total. The molecule has 2 heteroatoms. The number of carbonyl (C=O) groups is 1. The van der Waals surface area contributed by atoms with Crippen LogP contribution in [0.25, 0.3) is 0 Å². The molecule has 0 aromatic heterocycles. The molecular weight excluding hydrogens is 212 g/mol. The molecule has 0 aliphatic heterocycles. The summed E-state index contributed by atoms with van der Waals surface area (Å²) in [5, 5.41) is 0. The zero-order chi connectivity index (χ0) is 13.5. The Morgan fingerprint density at radius 1 is 1.06 bits per heavy atom. The molecule has 0 rings (SSSR count). The van der Waals surface area contributed by atoms with Crippen LogP contribution < -0.4 is 0 Å². The van der Waals surface area contributed by atoms with Crippen LogP contribution in [0.1, 0.15) is 73.6 Å². The number of unbranched alkanes of at least 4 members (excludes halogenated alkanes) is 3. The lowest BCUT2D eigenvalue weighted by molar-refractivity contribution is -0.169. The summed E-state index contributed by atoms with van der Waals surface area (Å²) in [6, 6.07) is 0. The second-order valence-electron chi connectivity index (χ2n) is 5.78. The minimum Gasteiger partial charge on any atom is -0.459 e. The zero-order valence-electron chi connectivity index (χ0n) is 12.5. The summed E-state index contributed by atoms with van der Waals surface area (Å²) in [6.45, 7) is 12.7. The van der Waals surface area contributed by atoms with Crippen molar-refractivity contribution in [1.29, 1.82) is 0 Å². The quantitative estimate of drug-likeness (QED) is 0.460. The van der Waals surface area contributed by atoms with E-state index in [1.807, 2.05) is 6.92 Å². The Bertz CT molecular complexity index is 211. The monoisotopic (exact) mass is 242 g/mol. The molecule has 0 aromatic rings. The third kappa shape index (κ3) is 5.56. The van der Waals surface area contributed by atoms with Gasteiger partial charge >= 0.3 is 5.97 Å². The van der Waals surface area contributed by atoms with Gasteiger partial charge in [-0.2, -0.15) is 0 Å². The minimum absolute atomic E-state index is 0.0361. The van der Waals surface area contributed by atoms with Gasteiger partial charge in [0.1, 0.15) is 5.60 Å². The van der Waals surface area contributed by atoms with Gasteiger partial charge in [-0.1, -0.05) is 53.9 Å². The molecule has 0 saturated carbocycles. The number of ether oxygens (including phenoxy) is 1. The van der Waals surface area contributed by atoms with E-state index in [1.165, 1.54) is 12.8 Å². The first-order valence-corrected chi connectivity index (χ1v) is 7.06. The minimum atomic E-state index is -0.332. The highest BCUT2D eigenvalue weighted by atomic mass is 16.6. The molecular formula is C15H30O2. The van der Waals surface area contributed by atoms with E-state index in [0.717, 1.165) is 12.8 Å². The van der Waals surface area contributed by atoms with Gasteiger partial charge < -0.3 is 4.74 Å². The summed E-state index contributed by atoms with van der Waals surface area (Å²) in [7, 11) is 0. The molecule has 102 valence electrons. The van der Waals surface area contributed by atoms with E-state index in [-0.39, 0.29) is 11.6 Å². The van der Waals surface area contributed by atoms with E-state index in [1.54, 1.807) is 0 Å². The molecule has 0 atom stereocenters. The van der Waals surface area contributed by atoms with E-state index in [9.17, 15) is 4.79 Å². The summed E-state index contributed by atoms with van der Waals surface area (Å²) < 4.78 is 5.70. The maximum Gasteiger partial charge on any atom is 0.306 e. The van der Waals surface area contributed by atoms with Crippen molar-refractivity contribution in [2.75, 3.05) is 0 Å². The molecule has 0 spiro atoms. The largest absolute Gasteiger partial charge is 0.459 e. The van der Waals surface area contributed by atoms with Gasteiger partial charge in [0.2, 0.25) is 0 Å². The summed E-state index contributed by atoms with van der Waals surface area (Å²) in [6.07, 6.45) is 5.06. The van der Waals surface area contributed by atoms with Crippen molar-refractivity contribution in [2.24, 2.45) is 11.8 Å². The van der Waals surface area contributed by atoms with E-state index in [2.05, 4.69) is 34.6 Å². The fourth-order valence-corrected chi connectivity index (χ4v) is 1.89. The number of rotatable bonds is 8. The maximum absolute atomic E-state index is 11.8. The Kier molecular flexibility index (Phi) is 7.49. The molecule has 0 heterocycles. The molecule has 0 aliphatic rings. The molecule has 0 radical (unpaired) electrons.